The molecule has 0 aromatic heterocycles. The summed E-state index contributed by atoms with van der Waals surface area (Å²) < 4.78 is 29.6. The summed E-state index contributed by atoms with van der Waals surface area (Å²) >= 11 is 0. The van der Waals surface area contributed by atoms with E-state index in [4.69, 9.17) is 23.7 Å². The van der Waals surface area contributed by atoms with Crippen LogP contribution in [0.25, 0.3) is 0 Å². The molecule has 5 aliphatic rings. The van der Waals surface area contributed by atoms with Crippen LogP contribution in [0.15, 0.2) is 47.6 Å². The van der Waals surface area contributed by atoms with E-state index < -0.39 is 40.4 Å². The standard InChI is InChI=1S/C27H32O9/c1-17-7-9-26-15-33-24(31)12-18(14-28)8-10-32-22(29)5-3-4-6-23(30)36-19-13-21(35-20(26)11-17)27(16-34-27)25(19,26)2/h3-6,11-12,19-21,28H,7-10,13-16H2,1-2H3/b5-3+,6-4-,18-12+/t19-,20-,21-,25-,26-,27+/m1/s1. The minimum Gasteiger partial charge on any atom is -0.462 e. The number of aliphatic hydroxyl groups is 1. The van der Waals surface area contributed by atoms with Crippen LogP contribution in [0.3, 0.4) is 0 Å². The molecular formula is C27H32O9. The maximum absolute atomic E-state index is 12.8. The number of carbonyl (C=O) groups excluding carboxylic acids is 3. The first-order valence-electron chi connectivity index (χ1n) is 12.4. The van der Waals surface area contributed by atoms with Gasteiger partial charge in [0.1, 0.15) is 18.3 Å². The first-order valence-corrected chi connectivity index (χ1v) is 12.4. The predicted molar refractivity (Wildman–Crippen MR) is 125 cm³/mol. The second-order valence-electron chi connectivity index (χ2n) is 10.5. The summed E-state index contributed by atoms with van der Waals surface area (Å²) in [5.41, 5.74) is -0.350. The van der Waals surface area contributed by atoms with Crippen LogP contribution in [-0.2, 0) is 38.1 Å². The molecule has 0 amide bonds. The summed E-state index contributed by atoms with van der Waals surface area (Å²) in [5.74, 6) is -1.74. The Bertz CT molecular complexity index is 1070. The lowest BCUT2D eigenvalue weighted by atomic mass is 9.51. The number of cyclic esters (lactones) is 2. The Balaban J connectivity index is 1.53. The average Bonchev–Trinajstić information content (AvgIpc) is 3.62. The number of carbonyl (C=O) groups is 3. The molecule has 6 atom stereocenters. The Kier molecular flexibility index (Phi) is 6.43. The maximum atomic E-state index is 12.8. The van der Waals surface area contributed by atoms with E-state index in [0.29, 0.717) is 25.0 Å². The minimum atomic E-state index is -0.672. The van der Waals surface area contributed by atoms with Crippen molar-refractivity contribution < 1.29 is 43.2 Å². The summed E-state index contributed by atoms with van der Waals surface area (Å²) in [7, 11) is 0. The molecule has 0 unspecified atom stereocenters. The van der Waals surface area contributed by atoms with E-state index in [1.54, 1.807) is 0 Å². The highest BCUT2D eigenvalue weighted by Gasteiger charge is 2.83. The van der Waals surface area contributed by atoms with Crippen LogP contribution in [-0.4, -0.2) is 73.4 Å². The van der Waals surface area contributed by atoms with Crippen molar-refractivity contribution in [2.75, 3.05) is 26.4 Å². The van der Waals surface area contributed by atoms with Crippen LogP contribution in [0.5, 0.6) is 0 Å². The summed E-state index contributed by atoms with van der Waals surface area (Å²) in [6.45, 7) is 4.29. The van der Waals surface area contributed by atoms with Gasteiger partial charge in [-0.15, -0.1) is 0 Å². The van der Waals surface area contributed by atoms with Gasteiger partial charge in [0.05, 0.1) is 37.4 Å². The Morgan fingerprint density at radius 1 is 1.00 bits per heavy atom. The average molecular weight is 501 g/mol. The minimum absolute atomic E-state index is 0.0144. The van der Waals surface area contributed by atoms with Crippen LogP contribution < -0.4 is 0 Å². The SMILES string of the molecule is CC1=C[C@H]2O[C@@H]3C[C@H]4OC(=O)/C=C\C=C\C(=O)OCC/C(CO)=C\C(=O)OC[C@@]2(CC1)[C@]4(C)[C@]31CO1. The lowest BCUT2D eigenvalue weighted by Crippen LogP contribution is -2.66. The van der Waals surface area contributed by atoms with E-state index in [-0.39, 0.29) is 38.4 Å². The van der Waals surface area contributed by atoms with Gasteiger partial charge in [-0.2, -0.15) is 0 Å². The lowest BCUT2D eigenvalue weighted by Gasteiger charge is -2.58. The molecule has 194 valence electrons. The quantitative estimate of drug-likeness (QED) is 0.250. The third kappa shape index (κ3) is 3.93. The van der Waals surface area contributed by atoms with Gasteiger partial charge in [-0.1, -0.05) is 30.7 Å². The highest BCUT2D eigenvalue weighted by molar-refractivity contribution is 5.85. The second-order valence-corrected chi connectivity index (χ2v) is 10.5. The first-order chi connectivity index (χ1) is 17.2. The zero-order valence-electron chi connectivity index (χ0n) is 20.6. The van der Waals surface area contributed by atoms with E-state index in [0.717, 1.165) is 6.42 Å². The highest BCUT2D eigenvalue weighted by Crippen LogP contribution is 2.72. The molecule has 0 aromatic carbocycles. The van der Waals surface area contributed by atoms with Crippen molar-refractivity contribution in [2.24, 2.45) is 10.8 Å². The Morgan fingerprint density at radius 2 is 1.75 bits per heavy atom. The largest absolute Gasteiger partial charge is 0.462 e. The van der Waals surface area contributed by atoms with Crippen LogP contribution >= 0.6 is 0 Å². The van der Waals surface area contributed by atoms with Gasteiger partial charge in [-0.25, -0.2) is 14.4 Å². The van der Waals surface area contributed by atoms with Gasteiger partial charge in [0, 0.05) is 36.5 Å². The predicted octanol–water partition coefficient (Wildman–Crippen LogP) is 2.09. The number of ether oxygens (including phenoxy) is 5. The summed E-state index contributed by atoms with van der Waals surface area (Å²) in [6, 6.07) is 0. The van der Waals surface area contributed by atoms with Gasteiger partial charge in [0.2, 0.25) is 0 Å². The van der Waals surface area contributed by atoms with Gasteiger partial charge in [0.25, 0.3) is 0 Å². The molecule has 2 aliphatic carbocycles. The van der Waals surface area contributed by atoms with Crippen LogP contribution in [0.2, 0.25) is 0 Å². The summed E-state index contributed by atoms with van der Waals surface area (Å²) in [4.78, 5) is 37.5. The fraction of sp³-hybridized carbons (Fsp3) is 0.593. The zero-order valence-corrected chi connectivity index (χ0v) is 20.6. The molecule has 2 saturated heterocycles. The number of epoxide rings is 1. The molecule has 9 nitrogen and oxygen atoms in total. The van der Waals surface area contributed by atoms with Crippen molar-refractivity contribution >= 4 is 17.9 Å². The molecule has 2 spiro atoms. The molecule has 3 heterocycles. The normalized spacial score (nSPS) is 44.0. The number of allylic oxidation sites excluding steroid dienone is 3. The Hall–Kier alpha value is -2.75. The first kappa shape index (κ1) is 24.9. The zero-order chi connectivity index (χ0) is 25.6. The topological polar surface area (TPSA) is 121 Å². The highest BCUT2D eigenvalue weighted by atomic mass is 16.6. The molecule has 1 saturated carbocycles. The number of hydrogen-bond acceptors (Lipinski definition) is 9. The molecule has 3 fully saturated rings. The van der Waals surface area contributed by atoms with Crippen molar-refractivity contribution in [3.63, 3.8) is 0 Å². The van der Waals surface area contributed by atoms with Crippen molar-refractivity contribution in [3.8, 4) is 0 Å². The van der Waals surface area contributed by atoms with Gasteiger partial charge in [-0.3, -0.25) is 0 Å². The molecule has 9 heteroatoms. The molecule has 0 radical (unpaired) electrons. The second kappa shape index (κ2) is 9.28. The Morgan fingerprint density at radius 3 is 2.47 bits per heavy atom. The third-order valence-corrected chi connectivity index (χ3v) is 8.72. The van der Waals surface area contributed by atoms with Crippen molar-refractivity contribution in [1.82, 2.24) is 0 Å². The lowest BCUT2D eigenvalue weighted by molar-refractivity contribution is -0.232. The molecule has 36 heavy (non-hydrogen) atoms. The fourth-order valence-corrected chi connectivity index (χ4v) is 6.52. The number of hydrogen-bond donors (Lipinski definition) is 1. The van der Waals surface area contributed by atoms with E-state index in [2.05, 4.69) is 19.9 Å². The van der Waals surface area contributed by atoms with E-state index in [1.165, 1.54) is 36.0 Å². The molecule has 2 bridgehead atoms. The molecular weight excluding hydrogens is 468 g/mol. The van der Waals surface area contributed by atoms with E-state index in [9.17, 15) is 19.5 Å². The van der Waals surface area contributed by atoms with E-state index >= 15 is 0 Å². The Labute approximate surface area is 209 Å². The molecule has 5 rings (SSSR count). The molecule has 3 aliphatic heterocycles. The monoisotopic (exact) mass is 500 g/mol. The number of rotatable bonds is 1. The number of aliphatic hydroxyl groups excluding tert-OH is 1. The van der Waals surface area contributed by atoms with Gasteiger partial charge >= 0.3 is 17.9 Å². The third-order valence-electron chi connectivity index (χ3n) is 8.72. The van der Waals surface area contributed by atoms with Gasteiger partial charge in [-0.05, 0) is 25.3 Å². The van der Waals surface area contributed by atoms with E-state index in [1.807, 2.05) is 0 Å². The summed E-state index contributed by atoms with van der Waals surface area (Å²) in [6.07, 6.45) is 9.68. The van der Waals surface area contributed by atoms with Crippen LogP contribution in [0, 0.1) is 10.8 Å². The smallest absolute Gasteiger partial charge is 0.331 e. The van der Waals surface area contributed by atoms with Crippen LogP contribution in [0.4, 0.5) is 0 Å². The summed E-state index contributed by atoms with van der Waals surface area (Å²) in [5, 5.41) is 9.68. The van der Waals surface area contributed by atoms with Crippen molar-refractivity contribution in [3.05, 3.63) is 47.6 Å². The van der Waals surface area contributed by atoms with Gasteiger partial charge < -0.3 is 28.8 Å². The van der Waals surface area contributed by atoms with Crippen molar-refractivity contribution in [1.29, 1.82) is 0 Å². The maximum Gasteiger partial charge on any atom is 0.331 e. The van der Waals surface area contributed by atoms with Gasteiger partial charge in [0.15, 0.2) is 0 Å². The number of esters is 3. The molecule has 1 N–H and O–H groups in total. The fourth-order valence-electron chi connectivity index (χ4n) is 6.52. The van der Waals surface area contributed by atoms with Crippen molar-refractivity contribution in [2.45, 2.75) is 63.4 Å². The van der Waals surface area contributed by atoms with Crippen LogP contribution in [0.1, 0.15) is 39.5 Å². The molecule has 0 aromatic rings.